The summed E-state index contributed by atoms with van der Waals surface area (Å²) in [5.41, 5.74) is 5.92. The molecule has 2 aliphatic rings. The van der Waals surface area contributed by atoms with E-state index >= 15 is 0 Å². The number of benzene rings is 3. The van der Waals surface area contributed by atoms with Gasteiger partial charge in [-0.1, -0.05) is 24.3 Å². The number of carbonyl (C=O) groups is 1. The van der Waals surface area contributed by atoms with Crippen LogP contribution in [0.1, 0.15) is 42.9 Å². The maximum Gasteiger partial charge on any atom is 0.303 e. The van der Waals surface area contributed by atoms with Gasteiger partial charge in [0.05, 0.1) is 22.8 Å². The molecule has 0 saturated carbocycles. The number of fused-ring (bicyclic) bond motifs is 3. The smallest absolute Gasteiger partial charge is 0.303 e. The molecular weight excluding hydrogens is 430 g/mol. The Bertz CT molecular complexity index is 1430. The number of hydrogen-bond acceptors (Lipinski definition) is 6. The Hall–Kier alpha value is -4.00. The van der Waals surface area contributed by atoms with Gasteiger partial charge in [0, 0.05) is 29.8 Å². The van der Waals surface area contributed by atoms with E-state index in [1.807, 2.05) is 50.2 Å². The number of imidazole rings is 1. The van der Waals surface area contributed by atoms with Gasteiger partial charge in [-0.15, -0.1) is 0 Å². The zero-order valence-corrected chi connectivity index (χ0v) is 19.2. The first-order chi connectivity index (χ1) is 16.5. The van der Waals surface area contributed by atoms with Crippen LogP contribution < -0.4 is 14.8 Å². The normalized spacial score (nSPS) is 20.4. The molecule has 4 aromatic rings. The molecule has 6 rings (SSSR count). The third-order valence-electron chi connectivity index (χ3n) is 6.46. The Kier molecular flexibility index (Phi) is 4.72. The highest BCUT2D eigenvalue weighted by molar-refractivity contribution is 5.79. The Labute approximate surface area is 197 Å². The van der Waals surface area contributed by atoms with Gasteiger partial charge in [0.15, 0.2) is 6.10 Å². The van der Waals surface area contributed by atoms with Gasteiger partial charge in [0.2, 0.25) is 0 Å². The molecular formula is C27H25N3O4. The van der Waals surface area contributed by atoms with Crippen LogP contribution >= 0.6 is 0 Å². The van der Waals surface area contributed by atoms with Crippen molar-refractivity contribution in [2.45, 2.75) is 39.0 Å². The minimum atomic E-state index is -0.382. The first-order valence-electron chi connectivity index (χ1n) is 11.4. The standard InChI is InChI=1S/C27H25N3O4/c1-15-26(34-17(3)31)20-12-11-18(13-25(20)33-15)29-22-14-32-27-19(22)7-6-10-24(27)30-16(2)28-21-8-4-5-9-23(21)30/h4-13,15,22,26,29H,14H2,1-3H3/t15?,22?,26-/m1/s1. The van der Waals surface area contributed by atoms with Crippen molar-refractivity contribution >= 4 is 22.7 Å². The van der Waals surface area contributed by atoms with Crippen LogP contribution in [0.3, 0.4) is 0 Å². The van der Waals surface area contributed by atoms with Crippen LogP contribution in [-0.4, -0.2) is 28.2 Å². The predicted octanol–water partition coefficient (Wildman–Crippen LogP) is 5.26. The van der Waals surface area contributed by atoms with Crippen LogP contribution in [0, 0.1) is 6.92 Å². The Morgan fingerprint density at radius 1 is 1.12 bits per heavy atom. The van der Waals surface area contributed by atoms with Gasteiger partial charge in [-0.05, 0) is 44.2 Å². The zero-order valence-electron chi connectivity index (χ0n) is 19.2. The molecule has 1 aromatic heterocycles. The molecule has 0 saturated heterocycles. The van der Waals surface area contributed by atoms with E-state index in [1.165, 1.54) is 6.92 Å². The number of nitrogens with one attached hydrogen (secondary N) is 1. The molecule has 3 heterocycles. The number of para-hydroxylation sites is 3. The van der Waals surface area contributed by atoms with E-state index in [9.17, 15) is 4.79 Å². The topological polar surface area (TPSA) is 74.6 Å². The molecule has 0 bridgehead atoms. The number of nitrogens with zero attached hydrogens (tertiary/aromatic N) is 2. The highest BCUT2D eigenvalue weighted by atomic mass is 16.6. The average molecular weight is 456 g/mol. The summed E-state index contributed by atoms with van der Waals surface area (Å²) in [6.07, 6.45) is -0.603. The average Bonchev–Trinajstić information content (AvgIpc) is 3.46. The summed E-state index contributed by atoms with van der Waals surface area (Å²) in [6, 6.07) is 20.3. The molecule has 34 heavy (non-hydrogen) atoms. The summed E-state index contributed by atoms with van der Waals surface area (Å²) in [7, 11) is 0. The molecule has 0 spiro atoms. The van der Waals surface area contributed by atoms with Gasteiger partial charge >= 0.3 is 5.97 Å². The molecule has 0 radical (unpaired) electrons. The number of anilines is 1. The van der Waals surface area contributed by atoms with Crippen molar-refractivity contribution in [3.05, 3.63) is 77.6 Å². The van der Waals surface area contributed by atoms with E-state index in [0.29, 0.717) is 6.61 Å². The zero-order chi connectivity index (χ0) is 23.4. The van der Waals surface area contributed by atoms with Crippen molar-refractivity contribution in [3.8, 4) is 17.2 Å². The van der Waals surface area contributed by atoms with Crippen molar-refractivity contribution in [3.63, 3.8) is 0 Å². The lowest BCUT2D eigenvalue weighted by molar-refractivity contribution is -0.149. The van der Waals surface area contributed by atoms with Gasteiger partial charge in [0.25, 0.3) is 0 Å². The SMILES string of the molecule is CC(=O)O[C@H]1c2ccc(NC3COc4c3cccc4-n3c(C)nc4ccccc43)cc2OC1C. The van der Waals surface area contributed by atoms with Gasteiger partial charge in [-0.3, -0.25) is 9.36 Å². The molecule has 3 aromatic carbocycles. The third kappa shape index (κ3) is 3.27. The number of rotatable bonds is 4. The fourth-order valence-corrected chi connectivity index (χ4v) is 4.99. The van der Waals surface area contributed by atoms with Crippen molar-refractivity contribution in [2.75, 3.05) is 11.9 Å². The van der Waals surface area contributed by atoms with Crippen LogP contribution in [0.25, 0.3) is 16.7 Å². The maximum absolute atomic E-state index is 11.5. The van der Waals surface area contributed by atoms with Crippen molar-refractivity contribution in [2.24, 2.45) is 0 Å². The van der Waals surface area contributed by atoms with E-state index in [-0.39, 0.29) is 24.2 Å². The fraction of sp³-hybridized carbons (Fsp3) is 0.259. The monoisotopic (exact) mass is 455 g/mol. The predicted molar refractivity (Wildman–Crippen MR) is 129 cm³/mol. The van der Waals surface area contributed by atoms with Crippen LogP contribution in [-0.2, 0) is 9.53 Å². The molecule has 7 heteroatoms. The van der Waals surface area contributed by atoms with Gasteiger partial charge in [-0.2, -0.15) is 0 Å². The highest BCUT2D eigenvalue weighted by Gasteiger charge is 2.34. The summed E-state index contributed by atoms with van der Waals surface area (Å²) < 4.78 is 19.8. The van der Waals surface area contributed by atoms with E-state index < -0.39 is 0 Å². The molecule has 2 aliphatic heterocycles. The van der Waals surface area contributed by atoms with Gasteiger partial charge < -0.3 is 19.5 Å². The first-order valence-corrected chi connectivity index (χ1v) is 11.4. The lowest BCUT2D eigenvalue weighted by Gasteiger charge is -2.15. The lowest BCUT2D eigenvalue weighted by atomic mass is 10.0. The number of carbonyl (C=O) groups excluding carboxylic acids is 1. The second-order valence-corrected chi connectivity index (χ2v) is 8.79. The summed E-state index contributed by atoms with van der Waals surface area (Å²) in [5.74, 6) is 2.21. The van der Waals surface area contributed by atoms with E-state index in [2.05, 4.69) is 34.1 Å². The number of hydrogen-bond donors (Lipinski definition) is 1. The quantitative estimate of drug-likeness (QED) is 0.423. The second-order valence-electron chi connectivity index (χ2n) is 8.79. The third-order valence-corrected chi connectivity index (χ3v) is 6.46. The number of ether oxygens (including phenoxy) is 3. The largest absolute Gasteiger partial charge is 0.489 e. The van der Waals surface area contributed by atoms with Crippen molar-refractivity contribution in [1.29, 1.82) is 0 Å². The van der Waals surface area contributed by atoms with Crippen LogP contribution in [0.5, 0.6) is 11.5 Å². The lowest BCUT2D eigenvalue weighted by Crippen LogP contribution is -2.18. The second kappa shape index (κ2) is 7.80. The highest BCUT2D eigenvalue weighted by Crippen LogP contribution is 2.43. The minimum absolute atomic E-state index is 0.00816. The first kappa shape index (κ1) is 20.6. The summed E-state index contributed by atoms with van der Waals surface area (Å²) in [5, 5.41) is 3.58. The molecule has 0 amide bonds. The maximum atomic E-state index is 11.5. The Balaban J connectivity index is 1.31. The molecule has 2 unspecified atom stereocenters. The molecule has 0 fully saturated rings. The molecule has 3 atom stereocenters. The molecule has 7 nitrogen and oxygen atoms in total. The van der Waals surface area contributed by atoms with E-state index in [0.717, 1.165) is 50.9 Å². The van der Waals surface area contributed by atoms with Crippen LogP contribution in [0.2, 0.25) is 0 Å². The summed E-state index contributed by atoms with van der Waals surface area (Å²) >= 11 is 0. The number of aryl methyl sites for hydroxylation is 1. The van der Waals surface area contributed by atoms with Crippen molar-refractivity contribution < 1.29 is 19.0 Å². The fourth-order valence-electron chi connectivity index (χ4n) is 4.99. The number of esters is 1. The van der Waals surface area contributed by atoms with Gasteiger partial charge in [0.1, 0.15) is 30.0 Å². The molecule has 1 N–H and O–H groups in total. The Morgan fingerprint density at radius 2 is 1.97 bits per heavy atom. The summed E-state index contributed by atoms with van der Waals surface area (Å²) in [4.78, 5) is 16.2. The van der Waals surface area contributed by atoms with E-state index in [4.69, 9.17) is 19.2 Å². The van der Waals surface area contributed by atoms with Crippen molar-refractivity contribution in [1.82, 2.24) is 9.55 Å². The minimum Gasteiger partial charge on any atom is -0.489 e. The summed E-state index contributed by atoms with van der Waals surface area (Å²) in [6.45, 7) is 5.85. The Morgan fingerprint density at radius 3 is 2.82 bits per heavy atom. The number of aromatic nitrogens is 2. The van der Waals surface area contributed by atoms with E-state index in [1.54, 1.807) is 0 Å². The molecule has 172 valence electrons. The molecule has 0 aliphatic carbocycles. The van der Waals surface area contributed by atoms with Gasteiger partial charge in [-0.25, -0.2) is 4.98 Å². The van der Waals surface area contributed by atoms with Crippen LogP contribution in [0.4, 0.5) is 5.69 Å². The van der Waals surface area contributed by atoms with Crippen LogP contribution in [0.15, 0.2) is 60.7 Å².